The Bertz CT molecular complexity index is 741. The Labute approximate surface area is 184 Å². The maximum Gasteiger partial charge on any atom is 0.103 e. The number of aromatic nitrogens is 2. The molecule has 0 radical (unpaired) electrons. The summed E-state index contributed by atoms with van der Waals surface area (Å²) in [7, 11) is 0. The second-order valence-corrected chi connectivity index (χ2v) is 10.1. The first-order chi connectivity index (χ1) is 14.5. The van der Waals surface area contributed by atoms with Crippen molar-refractivity contribution < 1.29 is 0 Å². The van der Waals surface area contributed by atoms with Gasteiger partial charge in [0.15, 0.2) is 0 Å². The number of hydrogen-bond acceptors (Lipinski definition) is 2. The van der Waals surface area contributed by atoms with Crippen LogP contribution in [-0.2, 0) is 0 Å². The molecule has 0 saturated heterocycles. The number of aryl methyl sites for hydroxylation is 1. The summed E-state index contributed by atoms with van der Waals surface area (Å²) in [5.41, 5.74) is 3.81. The first-order valence-corrected chi connectivity index (χ1v) is 12.5. The highest BCUT2D eigenvalue weighted by Gasteiger charge is 2.25. The molecule has 3 heteroatoms. The highest BCUT2D eigenvalue weighted by atomic mass is 14.9. The molecule has 1 aromatic heterocycles. The lowest BCUT2D eigenvalue weighted by Gasteiger charge is -2.26. The standard InChI is InChI=1S/C27H43N3/c1-4-27(3)18-24(16-17-25(28)19-27)22-12-8-5-6-9-14-23(15-11-7-10-13-22)26-20-29-21(2)30-26/h16-18,20,22-23,28H,4-15,19H2,1-3H3,(H,29,30). The molecule has 0 spiro atoms. The van der Waals surface area contributed by atoms with Gasteiger partial charge in [0, 0.05) is 23.5 Å². The van der Waals surface area contributed by atoms with Gasteiger partial charge >= 0.3 is 0 Å². The summed E-state index contributed by atoms with van der Waals surface area (Å²) < 4.78 is 0. The first-order valence-electron chi connectivity index (χ1n) is 12.5. The van der Waals surface area contributed by atoms with Crippen LogP contribution in [0.5, 0.6) is 0 Å². The number of rotatable bonds is 3. The SMILES string of the molecule is CCC1(C)C=C(C2CCCCCCC(c3cnc(C)[nH]3)CCCCC2)C=CC(=N)C1. The molecule has 0 aliphatic heterocycles. The summed E-state index contributed by atoms with van der Waals surface area (Å²) in [6.45, 7) is 6.67. The second-order valence-electron chi connectivity index (χ2n) is 10.1. The fourth-order valence-electron chi connectivity index (χ4n) is 5.35. The molecule has 2 N–H and O–H groups in total. The minimum atomic E-state index is 0.145. The van der Waals surface area contributed by atoms with E-state index in [4.69, 9.17) is 5.41 Å². The molecular formula is C27H43N3. The maximum atomic E-state index is 8.28. The van der Waals surface area contributed by atoms with Crippen molar-refractivity contribution in [1.29, 1.82) is 5.41 Å². The van der Waals surface area contributed by atoms with Gasteiger partial charge in [-0.05, 0) is 68.4 Å². The third-order valence-electron chi connectivity index (χ3n) is 7.49. The minimum absolute atomic E-state index is 0.145. The van der Waals surface area contributed by atoms with Crippen molar-refractivity contribution in [2.75, 3.05) is 0 Å². The van der Waals surface area contributed by atoms with Crippen LogP contribution in [0.3, 0.4) is 0 Å². The monoisotopic (exact) mass is 409 g/mol. The Hall–Kier alpha value is -1.64. The molecular weight excluding hydrogens is 366 g/mol. The molecule has 2 aliphatic carbocycles. The first kappa shape index (κ1) is 23.0. The van der Waals surface area contributed by atoms with Gasteiger partial charge in [-0.2, -0.15) is 0 Å². The van der Waals surface area contributed by atoms with Crippen molar-refractivity contribution in [3.05, 3.63) is 41.5 Å². The topological polar surface area (TPSA) is 52.5 Å². The van der Waals surface area contributed by atoms with E-state index in [1.54, 1.807) is 0 Å². The molecule has 166 valence electrons. The largest absolute Gasteiger partial charge is 0.346 e. The van der Waals surface area contributed by atoms with Crippen LogP contribution in [0.25, 0.3) is 0 Å². The zero-order chi connectivity index (χ0) is 21.4. The van der Waals surface area contributed by atoms with Gasteiger partial charge in [0.2, 0.25) is 0 Å². The lowest BCUT2D eigenvalue weighted by molar-refractivity contribution is 0.412. The van der Waals surface area contributed by atoms with Crippen LogP contribution in [0.15, 0.2) is 30.0 Å². The molecule has 3 nitrogen and oxygen atoms in total. The van der Waals surface area contributed by atoms with E-state index in [2.05, 4.69) is 55.2 Å². The van der Waals surface area contributed by atoms with Crippen LogP contribution >= 0.6 is 0 Å². The van der Waals surface area contributed by atoms with Crippen molar-refractivity contribution in [1.82, 2.24) is 9.97 Å². The predicted octanol–water partition coefficient (Wildman–Crippen LogP) is 8.04. The summed E-state index contributed by atoms with van der Waals surface area (Å²) in [5.74, 6) is 2.38. The van der Waals surface area contributed by atoms with Crippen LogP contribution in [-0.4, -0.2) is 15.7 Å². The Kier molecular flexibility index (Phi) is 8.53. The molecule has 2 aliphatic rings. The third kappa shape index (κ3) is 6.68. The van der Waals surface area contributed by atoms with Crippen LogP contribution in [0.1, 0.15) is 115 Å². The van der Waals surface area contributed by atoms with Gasteiger partial charge in [-0.25, -0.2) is 4.98 Å². The summed E-state index contributed by atoms with van der Waals surface area (Å²) >= 11 is 0. The number of aromatic amines is 1. The molecule has 3 rings (SSSR count). The Balaban J connectivity index is 1.64. The molecule has 1 fully saturated rings. The quantitative estimate of drug-likeness (QED) is 0.521. The normalized spacial score (nSPS) is 30.0. The fraction of sp³-hybridized carbons (Fsp3) is 0.704. The highest BCUT2D eigenvalue weighted by Crippen LogP contribution is 2.37. The minimum Gasteiger partial charge on any atom is -0.346 e. The fourth-order valence-corrected chi connectivity index (χ4v) is 5.35. The van der Waals surface area contributed by atoms with E-state index in [0.29, 0.717) is 11.8 Å². The van der Waals surface area contributed by atoms with Crippen molar-refractivity contribution in [3.63, 3.8) is 0 Å². The van der Waals surface area contributed by atoms with E-state index in [9.17, 15) is 0 Å². The zero-order valence-electron chi connectivity index (χ0n) is 19.6. The zero-order valence-corrected chi connectivity index (χ0v) is 19.6. The third-order valence-corrected chi connectivity index (χ3v) is 7.49. The Morgan fingerprint density at radius 3 is 2.13 bits per heavy atom. The summed E-state index contributed by atoms with van der Waals surface area (Å²) in [6, 6.07) is 0. The smallest absolute Gasteiger partial charge is 0.103 e. The number of nitrogens with one attached hydrogen (secondary N) is 2. The molecule has 0 aromatic carbocycles. The summed E-state index contributed by atoms with van der Waals surface area (Å²) in [6.07, 6.45) is 25.5. The van der Waals surface area contributed by atoms with Crippen molar-refractivity contribution in [2.24, 2.45) is 11.3 Å². The number of imidazole rings is 1. The average Bonchev–Trinajstić information content (AvgIpc) is 3.09. The number of allylic oxidation sites excluding steroid dienone is 4. The summed E-state index contributed by atoms with van der Waals surface area (Å²) in [5, 5.41) is 8.28. The molecule has 3 atom stereocenters. The van der Waals surface area contributed by atoms with E-state index >= 15 is 0 Å². The Morgan fingerprint density at radius 2 is 1.57 bits per heavy atom. The Morgan fingerprint density at radius 1 is 0.967 bits per heavy atom. The average molecular weight is 410 g/mol. The van der Waals surface area contributed by atoms with Gasteiger partial charge in [-0.3, -0.25) is 0 Å². The van der Waals surface area contributed by atoms with Crippen LogP contribution in [0.2, 0.25) is 0 Å². The van der Waals surface area contributed by atoms with Gasteiger partial charge < -0.3 is 10.4 Å². The molecule has 1 heterocycles. The predicted molar refractivity (Wildman–Crippen MR) is 128 cm³/mol. The van der Waals surface area contributed by atoms with Crippen LogP contribution in [0.4, 0.5) is 0 Å². The summed E-state index contributed by atoms with van der Waals surface area (Å²) in [4.78, 5) is 7.95. The number of nitrogens with zero attached hydrogens (tertiary/aromatic N) is 1. The second kappa shape index (κ2) is 11.1. The highest BCUT2D eigenvalue weighted by molar-refractivity contribution is 5.93. The van der Waals surface area contributed by atoms with Crippen LogP contribution < -0.4 is 0 Å². The van der Waals surface area contributed by atoms with E-state index in [-0.39, 0.29) is 5.41 Å². The van der Waals surface area contributed by atoms with Gasteiger partial charge in [0.25, 0.3) is 0 Å². The van der Waals surface area contributed by atoms with E-state index in [1.807, 2.05) is 0 Å². The molecule has 0 bridgehead atoms. The molecule has 1 saturated carbocycles. The van der Waals surface area contributed by atoms with E-state index < -0.39 is 0 Å². The lowest BCUT2D eigenvalue weighted by Crippen LogP contribution is -2.16. The van der Waals surface area contributed by atoms with Gasteiger partial charge in [0.05, 0.1) is 0 Å². The van der Waals surface area contributed by atoms with Crippen molar-refractivity contribution >= 4 is 5.71 Å². The molecule has 1 aromatic rings. The molecule has 30 heavy (non-hydrogen) atoms. The molecule has 0 amide bonds. The lowest BCUT2D eigenvalue weighted by atomic mass is 9.79. The van der Waals surface area contributed by atoms with Gasteiger partial charge in [0.1, 0.15) is 5.82 Å². The van der Waals surface area contributed by atoms with Gasteiger partial charge in [-0.1, -0.05) is 70.9 Å². The van der Waals surface area contributed by atoms with E-state index in [1.165, 1.54) is 81.9 Å². The van der Waals surface area contributed by atoms with Gasteiger partial charge in [-0.15, -0.1) is 0 Å². The molecule has 3 unspecified atom stereocenters. The maximum absolute atomic E-state index is 8.28. The van der Waals surface area contributed by atoms with Crippen molar-refractivity contribution in [3.8, 4) is 0 Å². The van der Waals surface area contributed by atoms with E-state index in [0.717, 1.165) is 24.4 Å². The van der Waals surface area contributed by atoms with Crippen molar-refractivity contribution in [2.45, 2.75) is 110 Å². The number of H-pyrrole nitrogens is 1. The number of hydrogen-bond donors (Lipinski definition) is 2. The van der Waals surface area contributed by atoms with Crippen LogP contribution in [0, 0.1) is 23.7 Å².